The van der Waals surface area contributed by atoms with Crippen molar-refractivity contribution in [3.8, 4) is 11.4 Å². The molecule has 1 fully saturated rings. The lowest BCUT2D eigenvalue weighted by atomic mass is 10.1. The summed E-state index contributed by atoms with van der Waals surface area (Å²) in [6, 6.07) is 2.42. The smallest absolute Gasteiger partial charge is 0.261 e. The topological polar surface area (TPSA) is 130 Å². The molecule has 37 heavy (non-hydrogen) atoms. The van der Waals surface area contributed by atoms with Crippen molar-refractivity contribution in [2.75, 3.05) is 36.5 Å². The molecule has 13 heteroatoms. The second-order valence-electron chi connectivity index (χ2n) is 8.84. The third kappa shape index (κ3) is 3.96. The van der Waals surface area contributed by atoms with E-state index < -0.39 is 23.2 Å². The van der Waals surface area contributed by atoms with Crippen molar-refractivity contribution in [3.63, 3.8) is 0 Å². The number of aromatic amines is 2. The van der Waals surface area contributed by atoms with E-state index >= 15 is 8.78 Å². The van der Waals surface area contributed by atoms with Gasteiger partial charge in [-0.3, -0.25) is 9.48 Å². The molecule has 0 unspecified atom stereocenters. The van der Waals surface area contributed by atoms with Crippen LogP contribution in [-0.2, 0) is 11.8 Å². The number of pyridine rings is 1. The number of halogens is 2. The number of anilines is 2. The van der Waals surface area contributed by atoms with Gasteiger partial charge in [0.15, 0.2) is 11.6 Å². The lowest BCUT2D eigenvalue weighted by Gasteiger charge is -2.29. The highest BCUT2D eigenvalue weighted by molar-refractivity contribution is 5.97. The van der Waals surface area contributed by atoms with Crippen LogP contribution in [0.15, 0.2) is 35.5 Å². The Morgan fingerprint density at radius 2 is 1.89 bits per heavy atom. The van der Waals surface area contributed by atoms with Gasteiger partial charge in [0.05, 0.1) is 36.1 Å². The third-order valence-electron chi connectivity index (χ3n) is 6.35. The summed E-state index contributed by atoms with van der Waals surface area (Å²) in [4.78, 5) is 33.5. The molecule has 4 aromatic heterocycles. The van der Waals surface area contributed by atoms with Crippen molar-refractivity contribution in [1.29, 1.82) is 0 Å². The van der Waals surface area contributed by atoms with Gasteiger partial charge >= 0.3 is 0 Å². The highest BCUT2D eigenvalue weighted by atomic mass is 19.1. The monoisotopic (exact) mass is 507 g/mol. The summed E-state index contributed by atoms with van der Waals surface area (Å²) < 4.78 is 37.6. The molecule has 0 saturated carbocycles. The molecule has 1 aromatic carbocycles. The summed E-state index contributed by atoms with van der Waals surface area (Å²) in [5.74, 6) is -0.844. The predicted molar refractivity (Wildman–Crippen MR) is 133 cm³/mol. The highest BCUT2D eigenvalue weighted by Crippen LogP contribution is 2.35. The van der Waals surface area contributed by atoms with Crippen molar-refractivity contribution < 1.29 is 13.5 Å². The molecule has 0 aliphatic carbocycles. The lowest BCUT2D eigenvalue weighted by Crippen LogP contribution is -2.36. The number of fused-ring (bicyclic) bond motifs is 2. The van der Waals surface area contributed by atoms with Gasteiger partial charge in [-0.1, -0.05) is 0 Å². The van der Waals surface area contributed by atoms with E-state index in [2.05, 4.69) is 35.3 Å². The fraction of sp³-hybridized carbons (Fsp3) is 0.292. The van der Waals surface area contributed by atoms with Gasteiger partial charge < -0.3 is 24.9 Å². The fourth-order valence-electron chi connectivity index (χ4n) is 4.60. The Balaban J connectivity index is 1.53. The number of nitrogens with zero attached hydrogens (tertiary/aromatic N) is 6. The van der Waals surface area contributed by atoms with Gasteiger partial charge in [0.1, 0.15) is 33.8 Å². The molecule has 0 radical (unpaired) electrons. The SMILES string of the molecule is C[C@H](Nc1c(-c2nc3c(F)cc(N4CCOCC4)c(F)c3[nH]2)c(=O)[nH]c2cn(C)nc12)c1ncccn1. The summed E-state index contributed by atoms with van der Waals surface area (Å²) >= 11 is 0. The molecule has 0 spiro atoms. The number of hydrogen-bond acceptors (Lipinski definition) is 8. The molecule has 1 aliphatic rings. The summed E-state index contributed by atoms with van der Waals surface area (Å²) in [5, 5.41) is 7.75. The van der Waals surface area contributed by atoms with Crippen molar-refractivity contribution in [3.05, 3.63) is 58.5 Å². The van der Waals surface area contributed by atoms with E-state index in [9.17, 15) is 4.79 Å². The first-order valence-electron chi connectivity index (χ1n) is 11.7. The molecule has 3 N–H and O–H groups in total. The van der Waals surface area contributed by atoms with Crippen LogP contribution in [0.1, 0.15) is 18.8 Å². The quantitative estimate of drug-likeness (QED) is 0.331. The van der Waals surface area contributed by atoms with Gasteiger partial charge in [0.25, 0.3) is 5.56 Å². The summed E-state index contributed by atoms with van der Waals surface area (Å²) in [5.41, 5.74) is 0.642. The van der Waals surface area contributed by atoms with Gasteiger partial charge in [0, 0.05) is 44.8 Å². The minimum Gasteiger partial charge on any atom is -0.378 e. The van der Waals surface area contributed by atoms with Crippen LogP contribution in [-0.4, -0.2) is 61.0 Å². The molecular formula is C24H23F2N9O2. The standard InChI is InChI=1S/C24H23F2N9O2/c1-12(22-27-4-3-5-28-22)29-20-16(24(36)30-14-11-34(2)33-19(14)20)23-31-18-13(25)10-15(17(26)21(18)32-23)35-6-8-37-9-7-35/h3-5,10-12,29H,6-9H2,1-2H3,(H,30,36)(H,31,32)/t12-/m0/s1. The van der Waals surface area contributed by atoms with E-state index in [-0.39, 0.29) is 28.1 Å². The molecular weight excluding hydrogens is 484 g/mol. The molecule has 1 saturated heterocycles. The van der Waals surface area contributed by atoms with Crippen LogP contribution in [0.2, 0.25) is 0 Å². The zero-order valence-corrected chi connectivity index (χ0v) is 20.0. The number of benzene rings is 1. The maximum absolute atomic E-state index is 15.6. The Hall–Kier alpha value is -4.39. The van der Waals surface area contributed by atoms with E-state index in [0.717, 1.165) is 6.07 Å². The minimum atomic E-state index is -0.698. The van der Waals surface area contributed by atoms with Crippen LogP contribution in [0.25, 0.3) is 33.5 Å². The summed E-state index contributed by atoms with van der Waals surface area (Å²) in [7, 11) is 1.73. The number of nitrogens with one attached hydrogen (secondary N) is 3. The number of H-pyrrole nitrogens is 2. The molecule has 1 atom stereocenters. The summed E-state index contributed by atoms with van der Waals surface area (Å²) in [6.07, 6.45) is 4.90. The van der Waals surface area contributed by atoms with Crippen molar-refractivity contribution in [2.24, 2.45) is 7.05 Å². The van der Waals surface area contributed by atoms with Crippen LogP contribution in [0.4, 0.5) is 20.2 Å². The Morgan fingerprint density at radius 1 is 1.14 bits per heavy atom. The Kier molecular flexibility index (Phi) is 5.56. The lowest BCUT2D eigenvalue weighted by molar-refractivity contribution is 0.122. The van der Waals surface area contributed by atoms with Crippen LogP contribution in [0, 0.1) is 11.6 Å². The molecule has 0 bridgehead atoms. The fourth-order valence-corrected chi connectivity index (χ4v) is 4.60. The first-order chi connectivity index (χ1) is 17.9. The molecule has 190 valence electrons. The molecule has 5 heterocycles. The van der Waals surface area contributed by atoms with Crippen LogP contribution >= 0.6 is 0 Å². The third-order valence-corrected chi connectivity index (χ3v) is 6.35. The number of rotatable bonds is 5. The number of ether oxygens (including phenoxy) is 1. The van der Waals surface area contributed by atoms with Gasteiger partial charge in [-0.25, -0.2) is 23.7 Å². The average Bonchev–Trinajstić information content (AvgIpc) is 3.51. The van der Waals surface area contributed by atoms with E-state index in [1.54, 1.807) is 41.3 Å². The van der Waals surface area contributed by atoms with Gasteiger partial charge in [-0.2, -0.15) is 5.10 Å². The first-order valence-corrected chi connectivity index (χ1v) is 11.7. The van der Waals surface area contributed by atoms with E-state index in [0.29, 0.717) is 48.8 Å². The number of hydrogen-bond donors (Lipinski definition) is 3. The van der Waals surface area contributed by atoms with Crippen LogP contribution < -0.4 is 15.8 Å². The normalized spacial score (nSPS) is 15.0. The molecule has 0 amide bonds. The van der Waals surface area contributed by atoms with Crippen LogP contribution in [0.5, 0.6) is 0 Å². The zero-order valence-electron chi connectivity index (χ0n) is 20.0. The van der Waals surface area contributed by atoms with Gasteiger partial charge in [-0.15, -0.1) is 0 Å². The predicted octanol–water partition coefficient (Wildman–Crippen LogP) is 2.88. The number of aryl methyl sites for hydroxylation is 1. The number of morpholine rings is 1. The summed E-state index contributed by atoms with van der Waals surface area (Å²) in [6.45, 7) is 3.55. The number of aromatic nitrogens is 7. The Labute approximate surface area is 208 Å². The maximum Gasteiger partial charge on any atom is 0.261 e. The van der Waals surface area contributed by atoms with Crippen molar-refractivity contribution >= 4 is 33.4 Å². The molecule has 11 nitrogen and oxygen atoms in total. The van der Waals surface area contributed by atoms with Crippen molar-refractivity contribution in [2.45, 2.75) is 13.0 Å². The van der Waals surface area contributed by atoms with Gasteiger partial charge in [-0.05, 0) is 13.0 Å². The van der Waals surface area contributed by atoms with E-state index in [1.807, 2.05) is 6.92 Å². The molecule has 5 aromatic rings. The maximum atomic E-state index is 15.6. The molecule has 6 rings (SSSR count). The second-order valence-corrected chi connectivity index (χ2v) is 8.84. The molecule has 1 aliphatic heterocycles. The van der Waals surface area contributed by atoms with E-state index in [1.165, 1.54) is 0 Å². The minimum absolute atomic E-state index is 0.00408. The number of imidazole rings is 1. The van der Waals surface area contributed by atoms with Crippen LogP contribution in [0.3, 0.4) is 0 Å². The van der Waals surface area contributed by atoms with Gasteiger partial charge in [0.2, 0.25) is 0 Å². The first kappa shape index (κ1) is 23.0. The zero-order chi connectivity index (χ0) is 25.7. The van der Waals surface area contributed by atoms with Crippen molar-refractivity contribution in [1.82, 2.24) is 34.7 Å². The largest absolute Gasteiger partial charge is 0.378 e. The Bertz CT molecular complexity index is 1670. The average molecular weight is 508 g/mol. The Morgan fingerprint density at radius 3 is 2.65 bits per heavy atom. The van der Waals surface area contributed by atoms with E-state index in [4.69, 9.17) is 4.74 Å². The highest BCUT2D eigenvalue weighted by Gasteiger charge is 2.26. The second kappa shape index (κ2) is 8.92.